The van der Waals surface area contributed by atoms with Crippen LogP contribution < -0.4 is 18.9 Å². The van der Waals surface area contributed by atoms with Crippen LogP contribution in [0, 0.1) is 0 Å². The zero-order chi connectivity index (χ0) is 23.9. The molecule has 0 bridgehead atoms. The summed E-state index contributed by atoms with van der Waals surface area (Å²) in [6.45, 7) is 0.897. The van der Waals surface area contributed by atoms with Gasteiger partial charge in [-0.25, -0.2) is 4.98 Å². The fourth-order valence-corrected chi connectivity index (χ4v) is 3.49. The number of para-hydroxylation sites is 1. The zero-order valence-electron chi connectivity index (χ0n) is 19.0. The standard InChI is InChI=1S/C26H23N5O4/c1-32-25-14-23(35-17-26-28-30-31-29-26)12-10-19(25)15-33-21-6-4-7-22(13-21)34-16-20-11-9-18-5-2-3-8-24(18)27-20/h2-14H,15-17H2,1H3,(H,28,29,30,31). The van der Waals surface area contributed by atoms with Crippen molar-refractivity contribution in [2.75, 3.05) is 7.11 Å². The van der Waals surface area contributed by atoms with E-state index in [4.69, 9.17) is 18.9 Å². The molecular weight excluding hydrogens is 446 g/mol. The van der Waals surface area contributed by atoms with Crippen LogP contribution in [-0.4, -0.2) is 32.7 Å². The van der Waals surface area contributed by atoms with Crippen molar-refractivity contribution in [3.05, 3.63) is 95.9 Å². The van der Waals surface area contributed by atoms with Gasteiger partial charge in [0, 0.05) is 23.1 Å². The first-order valence-corrected chi connectivity index (χ1v) is 11.0. The first kappa shape index (κ1) is 22.1. The lowest BCUT2D eigenvalue weighted by atomic mass is 10.2. The molecular formula is C26H23N5O4. The number of methoxy groups -OCH3 is 1. The van der Waals surface area contributed by atoms with E-state index in [-0.39, 0.29) is 6.61 Å². The third kappa shape index (κ3) is 5.64. The van der Waals surface area contributed by atoms with Gasteiger partial charge in [0.05, 0.1) is 18.3 Å². The Morgan fingerprint density at radius 2 is 1.54 bits per heavy atom. The van der Waals surface area contributed by atoms with Crippen molar-refractivity contribution in [1.29, 1.82) is 0 Å². The number of fused-ring (bicyclic) bond motifs is 1. The van der Waals surface area contributed by atoms with Crippen molar-refractivity contribution in [3.8, 4) is 23.0 Å². The highest BCUT2D eigenvalue weighted by molar-refractivity contribution is 5.78. The summed E-state index contributed by atoms with van der Waals surface area (Å²) in [6.07, 6.45) is 0. The number of pyridine rings is 1. The molecule has 0 aliphatic carbocycles. The summed E-state index contributed by atoms with van der Waals surface area (Å²) >= 11 is 0. The topological polar surface area (TPSA) is 104 Å². The highest BCUT2D eigenvalue weighted by Gasteiger charge is 2.09. The Bertz CT molecular complexity index is 1410. The summed E-state index contributed by atoms with van der Waals surface area (Å²) in [4.78, 5) is 4.65. The fraction of sp³-hybridized carbons (Fsp3) is 0.154. The lowest BCUT2D eigenvalue weighted by molar-refractivity contribution is 0.280. The second kappa shape index (κ2) is 10.5. The van der Waals surface area contributed by atoms with E-state index in [1.807, 2.05) is 66.7 Å². The molecule has 176 valence electrons. The normalized spacial score (nSPS) is 10.8. The molecule has 1 N–H and O–H groups in total. The van der Waals surface area contributed by atoms with Gasteiger partial charge in [-0.15, -0.1) is 10.2 Å². The van der Waals surface area contributed by atoms with Crippen LogP contribution in [0.1, 0.15) is 17.1 Å². The van der Waals surface area contributed by atoms with Gasteiger partial charge >= 0.3 is 0 Å². The Hall–Kier alpha value is -4.66. The van der Waals surface area contributed by atoms with E-state index in [0.29, 0.717) is 42.0 Å². The molecule has 0 fully saturated rings. The largest absolute Gasteiger partial charge is 0.496 e. The van der Waals surface area contributed by atoms with Crippen molar-refractivity contribution < 1.29 is 18.9 Å². The maximum Gasteiger partial charge on any atom is 0.211 e. The first-order chi connectivity index (χ1) is 17.3. The summed E-state index contributed by atoms with van der Waals surface area (Å²) in [5, 5.41) is 14.7. The van der Waals surface area contributed by atoms with Gasteiger partial charge in [0.15, 0.2) is 6.61 Å². The molecule has 0 spiro atoms. The number of rotatable bonds is 10. The van der Waals surface area contributed by atoms with E-state index in [1.165, 1.54) is 0 Å². The molecule has 0 aliphatic rings. The van der Waals surface area contributed by atoms with Gasteiger partial charge in [-0.3, -0.25) is 0 Å². The number of nitrogens with one attached hydrogen (secondary N) is 1. The van der Waals surface area contributed by atoms with E-state index in [0.717, 1.165) is 22.2 Å². The van der Waals surface area contributed by atoms with Crippen molar-refractivity contribution in [2.45, 2.75) is 19.8 Å². The minimum Gasteiger partial charge on any atom is -0.496 e. The fourth-order valence-electron chi connectivity index (χ4n) is 3.49. The molecule has 2 aromatic heterocycles. The maximum atomic E-state index is 5.99. The first-order valence-electron chi connectivity index (χ1n) is 11.0. The van der Waals surface area contributed by atoms with Gasteiger partial charge in [-0.1, -0.05) is 35.5 Å². The quantitative estimate of drug-likeness (QED) is 0.319. The number of benzene rings is 3. The molecule has 35 heavy (non-hydrogen) atoms. The van der Waals surface area contributed by atoms with Crippen LogP contribution in [0.5, 0.6) is 23.0 Å². The Kier molecular flexibility index (Phi) is 6.65. The second-order valence-corrected chi connectivity index (χ2v) is 7.64. The van der Waals surface area contributed by atoms with Crippen molar-refractivity contribution in [3.63, 3.8) is 0 Å². The summed E-state index contributed by atoms with van der Waals surface area (Å²) < 4.78 is 23.1. The number of ether oxygens (including phenoxy) is 4. The van der Waals surface area contributed by atoms with E-state index >= 15 is 0 Å². The van der Waals surface area contributed by atoms with Crippen molar-refractivity contribution in [1.82, 2.24) is 25.6 Å². The molecule has 0 saturated carbocycles. The summed E-state index contributed by atoms with van der Waals surface area (Å²) in [6, 6.07) is 25.1. The SMILES string of the molecule is COc1cc(OCc2nn[nH]n2)ccc1COc1cccc(OCc2ccc3ccccc3n2)c1. The molecule has 0 atom stereocenters. The van der Waals surface area contributed by atoms with Gasteiger partial charge in [0.25, 0.3) is 0 Å². The molecule has 9 nitrogen and oxygen atoms in total. The number of aromatic amines is 1. The molecule has 3 aromatic carbocycles. The number of aromatic nitrogens is 5. The predicted octanol–water partition coefficient (Wildman–Crippen LogP) is 4.49. The zero-order valence-corrected chi connectivity index (χ0v) is 19.0. The highest BCUT2D eigenvalue weighted by Crippen LogP contribution is 2.27. The smallest absolute Gasteiger partial charge is 0.211 e. The van der Waals surface area contributed by atoms with E-state index in [9.17, 15) is 0 Å². The average Bonchev–Trinajstić information content (AvgIpc) is 3.44. The number of nitrogens with zero attached hydrogens (tertiary/aromatic N) is 4. The molecule has 5 rings (SSSR count). The Balaban J connectivity index is 1.19. The summed E-state index contributed by atoms with van der Waals surface area (Å²) in [7, 11) is 1.61. The van der Waals surface area contributed by atoms with Crippen molar-refractivity contribution in [2.24, 2.45) is 0 Å². The molecule has 9 heteroatoms. The molecule has 0 saturated heterocycles. The van der Waals surface area contributed by atoms with Crippen molar-refractivity contribution >= 4 is 10.9 Å². The Morgan fingerprint density at radius 1 is 0.743 bits per heavy atom. The van der Waals surface area contributed by atoms with Crippen LogP contribution in [-0.2, 0) is 19.8 Å². The van der Waals surface area contributed by atoms with Crippen LogP contribution in [0.25, 0.3) is 10.9 Å². The molecule has 0 unspecified atom stereocenters. The molecule has 5 aromatic rings. The van der Waals surface area contributed by atoms with Gasteiger partial charge in [-0.05, 0) is 36.4 Å². The molecule has 2 heterocycles. The van der Waals surface area contributed by atoms with Crippen LogP contribution in [0.15, 0.2) is 78.9 Å². The lowest BCUT2D eigenvalue weighted by Crippen LogP contribution is -2.02. The average molecular weight is 470 g/mol. The number of H-pyrrole nitrogens is 1. The summed E-state index contributed by atoms with van der Waals surface area (Å²) in [5.74, 6) is 3.15. The monoisotopic (exact) mass is 469 g/mol. The van der Waals surface area contributed by atoms with E-state index < -0.39 is 0 Å². The Labute approximate surface area is 201 Å². The van der Waals surface area contributed by atoms with E-state index in [2.05, 4.69) is 31.7 Å². The van der Waals surface area contributed by atoms with Gasteiger partial charge in [0.2, 0.25) is 5.82 Å². The van der Waals surface area contributed by atoms with Gasteiger partial charge in [-0.2, -0.15) is 5.21 Å². The molecule has 0 aliphatic heterocycles. The van der Waals surface area contributed by atoms with Gasteiger partial charge < -0.3 is 18.9 Å². The predicted molar refractivity (Wildman–Crippen MR) is 128 cm³/mol. The maximum absolute atomic E-state index is 5.99. The summed E-state index contributed by atoms with van der Waals surface area (Å²) in [5.41, 5.74) is 2.69. The molecule has 0 amide bonds. The Morgan fingerprint density at radius 3 is 2.37 bits per heavy atom. The third-order valence-electron chi connectivity index (χ3n) is 5.26. The van der Waals surface area contributed by atoms with Crippen LogP contribution >= 0.6 is 0 Å². The lowest BCUT2D eigenvalue weighted by Gasteiger charge is -2.13. The number of hydrogen-bond acceptors (Lipinski definition) is 8. The number of tetrazole rings is 1. The van der Waals surface area contributed by atoms with Crippen LogP contribution in [0.4, 0.5) is 0 Å². The minimum atomic E-state index is 0.205. The second-order valence-electron chi connectivity index (χ2n) is 7.64. The van der Waals surface area contributed by atoms with Gasteiger partial charge in [0.1, 0.15) is 36.2 Å². The van der Waals surface area contributed by atoms with E-state index in [1.54, 1.807) is 13.2 Å². The highest BCUT2D eigenvalue weighted by atomic mass is 16.5. The number of hydrogen-bond donors (Lipinski definition) is 1. The molecule has 0 radical (unpaired) electrons. The van der Waals surface area contributed by atoms with Crippen LogP contribution in [0.3, 0.4) is 0 Å². The minimum absolute atomic E-state index is 0.205. The third-order valence-corrected chi connectivity index (χ3v) is 5.26. The van der Waals surface area contributed by atoms with Crippen LogP contribution in [0.2, 0.25) is 0 Å².